The smallest absolute Gasteiger partial charge is 0.306 e. The summed E-state index contributed by atoms with van der Waals surface area (Å²) < 4.78 is 10.5. The number of nitrogens with one attached hydrogen (secondary N) is 1. The van der Waals surface area contributed by atoms with Gasteiger partial charge in [0.25, 0.3) is 0 Å². The lowest BCUT2D eigenvalue weighted by Crippen LogP contribution is -2.05. The molecule has 2 rings (SSSR count). The van der Waals surface area contributed by atoms with Gasteiger partial charge >= 0.3 is 5.97 Å². The van der Waals surface area contributed by atoms with E-state index in [1.807, 2.05) is 38.1 Å². The van der Waals surface area contributed by atoms with Crippen LogP contribution in [0.2, 0.25) is 0 Å². The zero-order valence-electron chi connectivity index (χ0n) is 13.1. The first-order valence-electron chi connectivity index (χ1n) is 7.42. The minimum atomic E-state index is -0.226. The number of rotatable bonds is 7. The minimum Gasteiger partial charge on any atom is -0.491 e. The highest BCUT2D eigenvalue weighted by atomic mass is 16.5. The molecule has 0 radical (unpaired) electrons. The number of carbonyl (C=O) groups is 1. The number of ether oxygens (including phenoxy) is 2. The van der Waals surface area contributed by atoms with Crippen LogP contribution < -0.4 is 4.74 Å². The second-order valence-electron chi connectivity index (χ2n) is 5.10. The molecule has 0 atom stereocenters. The van der Waals surface area contributed by atoms with Crippen LogP contribution in [-0.4, -0.2) is 33.9 Å². The zero-order valence-corrected chi connectivity index (χ0v) is 13.1. The second-order valence-corrected chi connectivity index (χ2v) is 5.10. The van der Waals surface area contributed by atoms with E-state index in [0.29, 0.717) is 31.1 Å². The van der Waals surface area contributed by atoms with E-state index in [2.05, 4.69) is 15.2 Å². The van der Waals surface area contributed by atoms with Gasteiger partial charge in [-0.1, -0.05) is 0 Å². The van der Waals surface area contributed by atoms with Crippen molar-refractivity contribution in [3.8, 4) is 17.1 Å². The zero-order chi connectivity index (χ0) is 15.9. The molecule has 1 N–H and O–H groups in total. The van der Waals surface area contributed by atoms with Gasteiger partial charge in [0.2, 0.25) is 0 Å². The van der Waals surface area contributed by atoms with Gasteiger partial charge in [-0.15, -0.1) is 0 Å². The first-order valence-corrected chi connectivity index (χ1v) is 7.42. The third kappa shape index (κ3) is 4.58. The number of aromatic amines is 1. The van der Waals surface area contributed by atoms with Crippen LogP contribution in [0.4, 0.5) is 0 Å². The molecule has 0 bridgehead atoms. The Kier molecular flexibility index (Phi) is 5.52. The van der Waals surface area contributed by atoms with Crippen LogP contribution in [0, 0.1) is 0 Å². The molecule has 6 nitrogen and oxygen atoms in total. The Morgan fingerprint density at radius 3 is 2.64 bits per heavy atom. The summed E-state index contributed by atoms with van der Waals surface area (Å²) in [5.74, 6) is 1.87. The lowest BCUT2D eigenvalue weighted by atomic mass is 10.2. The first kappa shape index (κ1) is 16.0. The summed E-state index contributed by atoms with van der Waals surface area (Å²) in [6, 6.07) is 7.61. The summed E-state index contributed by atoms with van der Waals surface area (Å²) >= 11 is 0. The van der Waals surface area contributed by atoms with Crippen LogP contribution in [0.3, 0.4) is 0 Å². The quantitative estimate of drug-likeness (QED) is 0.796. The van der Waals surface area contributed by atoms with Crippen molar-refractivity contribution < 1.29 is 14.3 Å². The third-order valence-corrected chi connectivity index (χ3v) is 2.89. The predicted octanol–water partition coefficient (Wildman–Crippen LogP) is 2.75. The van der Waals surface area contributed by atoms with Crippen molar-refractivity contribution in [2.75, 3.05) is 6.61 Å². The maximum absolute atomic E-state index is 11.3. The van der Waals surface area contributed by atoms with Gasteiger partial charge in [0.15, 0.2) is 5.82 Å². The van der Waals surface area contributed by atoms with Gasteiger partial charge in [0, 0.05) is 12.0 Å². The van der Waals surface area contributed by atoms with Crippen molar-refractivity contribution in [1.29, 1.82) is 0 Å². The molecule has 22 heavy (non-hydrogen) atoms. The highest BCUT2D eigenvalue weighted by molar-refractivity contribution is 5.69. The number of H-pyrrole nitrogens is 1. The number of benzene rings is 1. The Hall–Kier alpha value is -2.37. The van der Waals surface area contributed by atoms with Crippen molar-refractivity contribution in [1.82, 2.24) is 15.2 Å². The summed E-state index contributed by atoms with van der Waals surface area (Å²) in [5, 5.41) is 7.02. The molecule has 1 aromatic carbocycles. The summed E-state index contributed by atoms with van der Waals surface area (Å²) in [4.78, 5) is 15.7. The molecule has 0 unspecified atom stereocenters. The molecule has 0 aliphatic rings. The molecule has 0 fully saturated rings. The Bertz CT molecular complexity index is 605. The Morgan fingerprint density at radius 2 is 2.00 bits per heavy atom. The van der Waals surface area contributed by atoms with Gasteiger partial charge < -0.3 is 9.47 Å². The van der Waals surface area contributed by atoms with Gasteiger partial charge in [-0.3, -0.25) is 9.89 Å². The first-order chi connectivity index (χ1) is 10.6. The van der Waals surface area contributed by atoms with E-state index in [9.17, 15) is 4.79 Å². The lowest BCUT2D eigenvalue weighted by Gasteiger charge is -2.09. The number of hydrogen-bond donors (Lipinski definition) is 1. The van der Waals surface area contributed by atoms with Crippen molar-refractivity contribution in [3.63, 3.8) is 0 Å². The van der Waals surface area contributed by atoms with E-state index in [0.717, 1.165) is 11.3 Å². The van der Waals surface area contributed by atoms with E-state index >= 15 is 0 Å². The summed E-state index contributed by atoms with van der Waals surface area (Å²) in [5.41, 5.74) is 0.898. The number of nitrogens with zero attached hydrogens (tertiary/aromatic N) is 2. The summed E-state index contributed by atoms with van der Waals surface area (Å²) in [7, 11) is 0. The molecule has 118 valence electrons. The molecule has 1 aromatic heterocycles. The molecule has 0 saturated carbocycles. The Balaban J connectivity index is 1.97. The van der Waals surface area contributed by atoms with E-state index in [1.165, 1.54) is 0 Å². The van der Waals surface area contributed by atoms with Crippen molar-refractivity contribution in [3.05, 3.63) is 30.1 Å². The number of aryl methyl sites for hydroxylation is 1. The van der Waals surface area contributed by atoms with Crippen molar-refractivity contribution >= 4 is 5.97 Å². The van der Waals surface area contributed by atoms with Crippen molar-refractivity contribution in [2.45, 2.75) is 39.7 Å². The maximum Gasteiger partial charge on any atom is 0.306 e. The monoisotopic (exact) mass is 303 g/mol. The Labute approximate surface area is 129 Å². The van der Waals surface area contributed by atoms with Crippen LogP contribution in [0.1, 0.15) is 33.0 Å². The fraction of sp³-hybridized carbons (Fsp3) is 0.438. The summed E-state index contributed by atoms with van der Waals surface area (Å²) in [6.45, 7) is 6.15. The van der Waals surface area contributed by atoms with E-state index in [4.69, 9.17) is 9.47 Å². The largest absolute Gasteiger partial charge is 0.491 e. The molecular weight excluding hydrogens is 282 g/mol. The highest BCUT2D eigenvalue weighted by Crippen LogP contribution is 2.20. The van der Waals surface area contributed by atoms with Gasteiger partial charge in [0.05, 0.1) is 19.1 Å². The average molecular weight is 303 g/mol. The molecular formula is C16H21N3O3. The molecule has 0 saturated heterocycles. The normalized spacial score (nSPS) is 10.7. The van der Waals surface area contributed by atoms with Crippen LogP contribution >= 0.6 is 0 Å². The van der Waals surface area contributed by atoms with Gasteiger partial charge in [-0.05, 0) is 45.0 Å². The van der Waals surface area contributed by atoms with Crippen LogP contribution in [0.15, 0.2) is 24.3 Å². The van der Waals surface area contributed by atoms with Crippen molar-refractivity contribution in [2.24, 2.45) is 0 Å². The number of hydrogen-bond acceptors (Lipinski definition) is 5. The summed E-state index contributed by atoms with van der Waals surface area (Å²) in [6.07, 6.45) is 0.924. The average Bonchev–Trinajstić information content (AvgIpc) is 2.94. The van der Waals surface area contributed by atoms with E-state index in [-0.39, 0.29) is 12.1 Å². The highest BCUT2D eigenvalue weighted by Gasteiger charge is 2.09. The molecule has 0 spiro atoms. The van der Waals surface area contributed by atoms with Gasteiger partial charge in [-0.2, -0.15) is 5.10 Å². The number of carbonyl (C=O) groups excluding carboxylic acids is 1. The number of esters is 1. The van der Waals surface area contributed by atoms with Crippen LogP contribution in [-0.2, 0) is 16.0 Å². The second kappa shape index (κ2) is 7.59. The SMILES string of the molecule is CCOC(=O)CCc1nc(-c2ccc(OC(C)C)cc2)n[nH]1. The fourth-order valence-corrected chi connectivity index (χ4v) is 1.94. The third-order valence-electron chi connectivity index (χ3n) is 2.89. The maximum atomic E-state index is 11.3. The van der Waals surface area contributed by atoms with Crippen LogP contribution in [0.5, 0.6) is 5.75 Å². The predicted molar refractivity (Wildman–Crippen MR) is 82.5 cm³/mol. The van der Waals surface area contributed by atoms with E-state index < -0.39 is 0 Å². The molecule has 6 heteroatoms. The molecule has 0 aliphatic heterocycles. The van der Waals surface area contributed by atoms with Crippen LogP contribution in [0.25, 0.3) is 11.4 Å². The minimum absolute atomic E-state index is 0.142. The van der Waals surface area contributed by atoms with E-state index in [1.54, 1.807) is 6.92 Å². The molecule has 1 heterocycles. The number of aromatic nitrogens is 3. The standard InChI is InChI=1S/C16H21N3O3/c1-4-21-15(20)10-9-14-17-16(19-18-14)12-5-7-13(8-6-12)22-11(2)3/h5-8,11H,4,9-10H2,1-3H3,(H,17,18,19). The van der Waals surface area contributed by atoms with Gasteiger partial charge in [0.1, 0.15) is 11.6 Å². The topological polar surface area (TPSA) is 77.1 Å². The molecule has 2 aromatic rings. The lowest BCUT2D eigenvalue weighted by molar-refractivity contribution is -0.143. The molecule has 0 aliphatic carbocycles. The Morgan fingerprint density at radius 1 is 1.27 bits per heavy atom. The van der Waals surface area contributed by atoms with Gasteiger partial charge in [-0.25, -0.2) is 4.98 Å². The molecule has 0 amide bonds. The fourth-order valence-electron chi connectivity index (χ4n) is 1.94.